The number of aryl methyl sites for hydroxylation is 1. The van der Waals surface area contributed by atoms with Gasteiger partial charge in [0.2, 0.25) is 0 Å². The van der Waals surface area contributed by atoms with Crippen molar-refractivity contribution in [3.8, 4) is 0 Å². The number of piperazine rings is 1. The summed E-state index contributed by atoms with van der Waals surface area (Å²) in [6, 6.07) is 5.47. The van der Waals surface area contributed by atoms with Crippen LogP contribution in [0.25, 0.3) is 11.0 Å². The Balaban J connectivity index is 1.49. The second kappa shape index (κ2) is 7.78. The van der Waals surface area contributed by atoms with Crippen LogP contribution in [0.5, 0.6) is 0 Å². The summed E-state index contributed by atoms with van der Waals surface area (Å²) in [4.78, 5) is 16.6. The minimum atomic E-state index is -2.86. The molecule has 3 heterocycles. The predicted octanol–water partition coefficient (Wildman–Crippen LogP) is 2.31. The van der Waals surface area contributed by atoms with Gasteiger partial charge in [-0.15, -0.1) is 0 Å². The molecular formula is C20H25ClN2O4S. The topological polar surface area (TPSA) is 70.8 Å². The van der Waals surface area contributed by atoms with E-state index in [0.29, 0.717) is 22.9 Å². The predicted molar refractivity (Wildman–Crippen MR) is 111 cm³/mol. The Labute approximate surface area is 170 Å². The lowest BCUT2D eigenvalue weighted by Gasteiger charge is -2.37. The number of nitrogens with zero attached hydrogens (tertiary/aromatic N) is 2. The summed E-state index contributed by atoms with van der Waals surface area (Å²) in [6.45, 7) is 6.06. The first kappa shape index (κ1) is 19.9. The summed E-state index contributed by atoms with van der Waals surface area (Å²) in [5.41, 5.74) is 2.13. The van der Waals surface area contributed by atoms with Crippen molar-refractivity contribution >= 4 is 32.4 Å². The van der Waals surface area contributed by atoms with Crippen LogP contribution in [0.2, 0.25) is 5.02 Å². The van der Waals surface area contributed by atoms with Gasteiger partial charge in [0.05, 0.1) is 11.5 Å². The van der Waals surface area contributed by atoms with Crippen molar-refractivity contribution in [2.24, 2.45) is 0 Å². The van der Waals surface area contributed by atoms with Gasteiger partial charge in [-0.05, 0) is 36.1 Å². The molecule has 1 unspecified atom stereocenters. The van der Waals surface area contributed by atoms with Crippen molar-refractivity contribution < 1.29 is 12.8 Å². The number of benzene rings is 1. The van der Waals surface area contributed by atoms with Gasteiger partial charge in [-0.25, -0.2) is 13.2 Å². The number of sulfone groups is 1. The van der Waals surface area contributed by atoms with E-state index in [1.807, 2.05) is 19.1 Å². The van der Waals surface area contributed by atoms with Gasteiger partial charge in [0.1, 0.15) is 5.58 Å². The van der Waals surface area contributed by atoms with E-state index >= 15 is 0 Å². The highest BCUT2D eigenvalue weighted by Gasteiger charge is 2.33. The zero-order valence-corrected chi connectivity index (χ0v) is 17.6. The monoisotopic (exact) mass is 424 g/mol. The highest BCUT2D eigenvalue weighted by Crippen LogP contribution is 2.27. The summed E-state index contributed by atoms with van der Waals surface area (Å²) in [5.74, 6) is 0.597. The lowest BCUT2D eigenvalue weighted by Crippen LogP contribution is -2.50. The quantitative estimate of drug-likeness (QED) is 0.701. The molecule has 2 saturated heterocycles. The molecule has 2 fully saturated rings. The second-order valence-electron chi connectivity index (χ2n) is 7.75. The zero-order chi connectivity index (χ0) is 19.9. The molecule has 0 saturated carbocycles. The van der Waals surface area contributed by atoms with E-state index < -0.39 is 9.84 Å². The Morgan fingerprint density at radius 1 is 1.14 bits per heavy atom. The molecule has 8 heteroatoms. The molecule has 1 atom stereocenters. The Morgan fingerprint density at radius 3 is 2.54 bits per heavy atom. The fourth-order valence-electron chi connectivity index (χ4n) is 4.28. The van der Waals surface area contributed by atoms with Gasteiger partial charge < -0.3 is 4.42 Å². The number of fused-ring (bicyclic) bond motifs is 1. The van der Waals surface area contributed by atoms with Crippen LogP contribution in [0, 0.1) is 0 Å². The van der Waals surface area contributed by atoms with Crippen molar-refractivity contribution in [2.75, 3.05) is 37.7 Å². The maximum Gasteiger partial charge on any atom is 0.336 e. The van der Waals surface area contributed by atoms with Crippen LogP contribution < -0.4 is 5.63 Å². The average Bonchev–Trinajstić information content (AvgIpc) is 3.02. The molecule has 6 nitrogen and oxygen atoms in total. The van der Waals surface area contributed by atoms with Gasteiger partial charge >= 0.3 is 5.63 Å². The summed E-state index contributed by atoms with van der Waals surface area (Å²) in [6.07, 6.45) is 1.52. The van der Waals surface area contributed by atoms with E-state index in [0.717, 1.165) is 55.5 Å². The molecule has 0 amide bonds. The molecule has 0 radical (unpaired) electrons. The minimum Gasteiger partial charge on any atom is -0.423 e. The van der Waals surface area contributed by atoms with Crippen molar-refractivity contribution in [2.45, 2.75) is 32.4 Å². The largest absolute Gasteiger partial charge is 0.423 e. The van der Waals surface area contributed by atoms with Crippen LogP contribution in [0.4, 0.5) is 0 Å². The van der Waals surface area contributed by atoms with Crippen molar-refractivity contribution in [3.05, 3.63) is 44.8 Å². The van der Waals surface area contributed by atoms with Crippen molar-refractivity contribution in [1.29, 1.82) is 0 Å². The number of hydrogen-bond donors (Lipinski definition) is 0. The molecule has 4 rings (SSSR count). The molecule has 0 bridgehead atoms. The maximum atomic E-state index is 12.0. The number of rotatable bonds is 4. The summed E-state index contributed by atoms with van der Waals surface area (Å²) < 4.78 is 28.9. The van der Waals surface area contributed by atoms with Crippen LogP contribution >= 0.6 is 11.6 Å². The first-order chi connectivity index (χ1) is 13.3. The van der Waals surface area contributed by atoms with Crippen LogP contribution in [0.15, 0.2) is 27.4 Å². The fraction of sp³-hybridized carbons (Fsp3) is 0.550. The van der Waals surface area contributed by atoms with Gasteiger partial charge in [-0.3, -0.25) is 9.80 Å². The number of hydrogen-bond acceptors (Lipinski definition) is 6. The molecule has 2 aliphatic rings. The normalized spacial score (nSPS) is 23.4. The van der Waals surface area contributed by atoms with Gasteiger partial charge in [0, 0.05) is 55.2 Å². The van der Waals surface area contributed by atoms with E-state index in [1.54, 1.807) is 6.07 Å². The third kappa shape index (κ3) is 4.13. The van der Waals surface area contributed by atoms with Crippen molar-refractivity contribution in [1.82, 2.24) is 9.80 Å². The lowest BCUT2D eigenvalue weighted by atomic mass is 10.1. The molecule has 28 heavy (non-hydrogen) atoms. The summed E-state index contributed by atoms with van der Waals surface area (Å²) >= 11 is 6.38. The first-order valence-electron chi connectivity index (χ1n) is 9.76. The third-order valence-corrected chi connectivity index (χ3v) is 8.01. The molecule has 2 aromatic rings. The standard InChI is InChI=1S/C20H25ClN2O4S/c1-2-14-9-19-17(11-18(14)21)15(10-20(24)27-19)12-22-4-6-23(7-5-22)16-3-8-28(25,26)13-16/h9-11,16H,2-8,12-13H2,1H3. The van der Waals surface area contributed by atoms with E-state index in [-0.39, 0.29) is 17.4 Å². The first-order valence-corrected chi connectivity index (χ1v) is 12.0. The SMILES string of the molecule is CCc1cc2oc(=O)cc(CN3CCN(C4CCS(=O)(=O)C4)CC3)c2cc1Cl. The fourth-order valence-corrected chi connectivity index (χ4v) is 6.34. The molecule has 2 aliphatic heterocycles. The highest BCUT2D eigenvalue weighted by molar-refractivity contribution is 7.91. The second-order valence-corrected chi connectivity index (χ2v) is 10.4. The van der Waals surface area contributed by atoms with Gasteiger partial charge in [0.15, 0.2) is 9.84 Å². The van der Waals surface area contributed by atoms with Crippen molar-refractivity contribution in [3.63, 3.8) is 0 Å². The Hall–Kier alpha value is -1.41. The molecular weight excluding hydrogens is 400 g/mol. The van der Waals surface area contributed by atoms with Crippen LogP contribution in [0.1, 0.15) is 24.5 Å². The van der Waals surface area contributed by atoms with Crippen LogP contribution in [-0.2, 0) is 22.8 Å². The Kier molecular flexibility index (Phi) is 5.53. The van der Waals surface area contributed by atoms with E-state index in [9.17, 15) is 13.2 Å². The summed E-state index contributed by atoms with van der Waals surface area (Å²) in [5, 5.41) is 1.57. The highest BCUT2D eigenvalue weighted by atomic mass is 35.5. The molecule has 0 N–H and O–H groups in total. The van der Waals surface area contributed by atoms with Gasteiger partial charge in [-0.1, -0.05) is 18.5 Å². The van der Waals surface area contributed by atoms with E-state index in [1.165, 1.54) is 0 Å². The summed E-state index contributed by atoms with van der Waals surface area (Å²) in [7, 11) is -2.86. The maximum absolute atomic E-state index is 12.0. The van der Waals surface area contributed by atoms with Gasteiger partial charge in [-0.2, -0.15) is 0 Å². The third-order valence-electron chi connectivity index (χ3n) is 5.90. The van der Waals surface area contributed by atoms with E-state index in [4.69, 9.17) is 16.0 Å². The smallest absolute Gasteiger partial charge is 0.336 e. The zero-order valence-electron chi connectivity index (χ0n) is 16.0. The molecule has 152 valence electrons. The average molecular weight is 425 g/mol. The molecule has 1 aromatic carbocycles. The van der Waals surface area contributed by atoms with E-state index in [2.05, 4.69) is 9.80 Å². The number of halogens is 1. The Bertz CT molecular complexity index is 1040. The Morgan fingerprint density at radius 2 is 1.89 bits per heavy atom. The molecule has 0 spiro atoms. The molecule has 0 aliphatic carbocycles. The minimum absolute atomic E-state index is 0.156. The molecule has 1 aromatic heterocycles. The lowest BCUT2D eigenvalue weighted by molar-refractivity contribution is 0.100. The van der Waals surface area contributed by atoms with Crippen LogP contribution in [-0.4, -0.2) is 61.9 Å². The van der Waals surface area contributed by atoms with Gasteiger partial charge in [0.25, 0.3) is 0 Å². The van der Waals surface area contributed by atoms with Crippen LogP contribution in [0.3, 0.4) is 0 Å².